The molecule has 0 aromatic carbocycles. The number of alkyl carbamates (subject to hydrolysis) is 1. The van der Waals surface area contributed by atoms with Crippen LogP contribution >= 0.6 is 0 Å². The summed E-state index contributed by atoms with van der Waals surface area (Å²) in [4.78, 5) is 13.8. The minimum atomic E-state index is -0.306. The molecule has 1 heterocycles. The van der Waals surface area contributed by atoms with E-state index in [1.54, 1.807) is 0 Å². The van der Waals surface area contributed by atoms with Gasteiger partial charge in [0.25, 0.3) is 0 Å². The SMILES string of the molecule is CC(CN1CCCCC1)NC(=O)OC(C)C. The Labute approximate surface area is 98.3 Å². The van der Waals surface area contributed by atoms with E-state index < -0.39 is 0 Å². The molecule has 0 aromatic heterocycles. The van der Waals surface area contributed by atoms with Crippen molar-refractivity contribution in [1.29, 1.82) is 0 Å². The van der Waals surface area contributed by atoms with Crippen LogP contribution in [0.4, 0.5) is 4.79 Å². The second-order valence-corrected chi connectivity index (χ2v) is 4.86. The van der Waals surface area contributed by atoms with Crippen LogP contribution in [0.1, 0.15) is 40.0 Å². The standard InChI is InChI=1S/C12H24N2O2/c1-10(2)16-12(15)13-11(3)9-14-7-5-4-6-8-14/h10-11H,4-9H2,1-3H3,(H,13,15). The maximum atomic E-state index is 11.4. The van der Waals surface area contributed by atoms with Gasteiger partial charge in [0, 0.05) is 12.6 Å². The maximum Gasteiger partial charge on any atom is 0.407 e. The van der Waals surface area contributed by atoms with Crippen LogP contribution in [-0.4, -0.2) is 42.8 Å². The minimum Gasteiger partial charge on any atom is -0.447 e. The van der Waals surface area contributed by atoms with Crippen LogP contribution < -0.4 is 5.32 Å². The van der Waals surface area contributed by atoms with Crippen molar-refractivity contribution in [2.75, 3.05) is 19.6 Å². The molecule has 0 spiro atoms. The van der Waals surface area contributed by atoms with E-state index in [0.717, 1.165) is 19.6 Å². The molecule has 1 unspecified atom stereocenters. The van der Waals surface area contributed by atoms with Crippen molar-refractivity contribution < 1.29 is 9.53 Å². The zero-order valence-corrected chi connectivity index (χ0v) is 10.7. The number of piperidine rings is 1. The van der Waals surface area contributed by atoms with E-state index in [1.165, 1.54) is 19.3 Å². The van der Waals surface area contributed by atoms with Crippen LogP contribution in [0.15, 0.2) is 0 Å². The van der Waals surface area contributed by atoms with Gasteiger partial charge >= 0.3 is 6.09 Å². The van der Waals surface area contributed by atoms with Crippen molar-refractivity contribution in [1.82, 2.24) is 10.2 Å². The minimum absolute atomic E-state index is 0.0535. The van der Waals surface area contributed by atoms with Crippen LogP contribution in [-0.2, 0) is 4.74 Å². The topological polar surface area (TPSA) is 41.6 Å². The zero-order valence-electron chi connectivity index (χ0n) is 10.7. The lowest BCUT2D eigenvalue weighted by Crippen LogP contribution is -2.44. The van der Waals surface area contributed by atoms with E-state index in [4.69, 9.17) is 4.74 Å². The summed E-state index contributed by atoms with van der Waals surface area (Å²) in [6, 6.07) is 0.157. The highest BCUT2D eigenvalue weighted by molar-refractivity contribution is 5.67. The first-order valence-corrected chi connectivity index (χ1v) is 6.27. The van der Waals surface area contributed by atoms with Gasteiger partial charge in [0.1, 0.15) is 0 Å². The number of amides is 1. The molecule has 1 aliphatic rings. The van der Waals surface area contributed by atoms with Gasteiger partial charge in [-0.25, -0.2) is 4.79 Å². The molecule has 0 aromatic rings. The van der Waals surface area contributed by atoms with Crippen LogP contribution in [0, 0.1) is 0 Å². The zero-order chi connectivity index (χ0) is 12.0. The second kappa shape index (κ2) is 6.74. The Morgan fingerprint density at radius 1 is 1.25 bits per heavy atom. The lowest BCUT2D eigenvalue weighted by molar-refractivity contribution is 0.109. The summed E-state index contributed by atoms with van der Waals surface area (Å²) in [6.07, 6.45) is 3.54. The molecule has 4 nitrogen and oxygen atoms in total. The summed E-state index contributed by atoms with van der Waals surface area (Å²) < 4.78 is 5.04. The fourth-order valence-electron chi connectivity index (χ4n) is 2.02. The van der Waals surface area contributed by atoms with Crippen LogP contribution in [0.25, 0.3) is 0 Å². The Kier molecular flexibility index (Phi) is 5.60. The average molecular weight is 228 g/mol. The molecule has 16 heavy (non-hydrogen) atoms. The molecule has 1 atom stereocenters. The summed E-state index contributed by atoms with van der Waals surface area (Å²) in [7, 11) is 0. The van der Waals surface area contributed by atoms with Gasteiger partial charge in [0.2, 0.25) is 0 Å². The molecular weight excluding hydrogens is 204 g/mol. The molecule has 1 aliphatic heterocycles. The molecule has 1 rings (SSSR count). The third-order valence-corrected chi connectivity index (χ3v) is 2.69. The van der Waals surface area contributed by atoms with Crippen molar-refractivity contribution in [3.8, 4) is 0 Å². The molecule has 0 saturated carbocycles. The normalized spacial score (nSPS) is 19.5. The molecular formula is C12H24N2O2. The summed E-state index contributed by atoms with van der Waals surface area (Å²) >= 11 is 0. The Morgan fingerprint density at radius 2 is 1.88 bits per heavy atom. The van der Waals surface area contributed by atoms with E-state index in [-0.39, 0.29) is 18.2 Å². The number of carbonyl (C=O) groups excluding carboxylic acids is 1. The Hall–Kier alpha value is -0.770. The maximum absolute atomic E-state index is 11.4. The number of nitrogens with one attached hydrogen (secondary N) is 1. The first kappa shape index (κ1) is 13.3. The Balaban J connectivity index is 2.18. The van der Waals surface area contributed by atoms with Crippen LogP contribution in [0.3, 0.4) is 0 Å². The summed E-state index contributed by atoms with van der Waals surface area (Å²) in [5.74, 6) is 0. The first-order valence-electron chi connectivity index (χ1n) is 6.27. The van der Waals surface area contributed by atoms with Crippen LogP contribution in [0.2, 0.25) is 0 Å². The molecule has 1 N–H and O–H groups in total. The van der Waals surface area contributed by atoms with Gasteiger partial charge < -0.3 is 15.0 Å². The fraction of sp³-hybridized carbons (Fsp3) is 0.917. The summed E-state index contributed by atoms with van der Waals surface area (Å²) in [6.45, 7) is 8.98. The van der Waals surface area contributed by atoms with E-state index in [2.05, 4.69) is 10.2 Å². The molecule has 0 radical (unpaired) electrons. The number of ether oxygens (including phenoxy) is 1. The Morgan fingerprint density at radius 3 is 2.44 bits per heavy atom. The Bertz CT molecular complexity index is 213. The third kappa shape index (κ3) is 5.35. The van der Waals surface area contributed by atoms with Gasteiger partial charge in [-0.15, -0.1) is 0 Å². The number of hydrogen-bond acceptors (Lipinski definition) is 3. The lowest BCUT2D eigenvalue weighted by atomic mass is 10.1. The van der Waals surface area contributed by atoms with Crippen molar-refractivity contribution in [3.63, 3.8) is 0 Å². The molecule has 4 heteroatoms. The van der Waals surface area contributed by atoms with Gasteiger partial charge in [-0.1, -0.05) is 6.42 Å². The molecule has 1 saturated heterocycles. The second-order valence-electron chi connectivity index (χ2n) is 4.86. The average Bonchev–Trinajstić information content (AvgIpc) is 2.17. The molecule has 0 bridgehead atoms. The number of nitrogens with zero attached hydrogens (tertiary/aromatic N) is 1. The van der Waals surface area contributed by atoms with E-state index in [1.807, 2.05) is 20.8 Å². The highest BCUT2D eigenvalue weighted by Crippen LogP contribution is 2.08. The van der Waals surface area contributed by atoms with Gasteiger partial charge in [0.05, 0.1) is 6.10 Å². The van der Waals surface area contributed by atoms with Crippen molar-refractivity contribution in [2.24, 2.45) is 0 Å². The molecule has 94 valence electrons. The van der Waals surface area contributed by atoms with Crippen LogP contribution in [0.5, 0.6) is 0 Å². The van der Waals surface area contributed by atoms with E-state index in [9.17, 15) is 4.79 Å². The van der Waals surface area contributed by atoms with Gasteiger partial charge in [-0.2, -0.15) is 0 Å². The van der Waals surface area contributed by atoms with Gasteiger partial charge in [-0.3, -0.25) is 0 Å². The van der Waals surface area contributed by atoms with E-state index in [0.29, 0.717) is 0 Å². The van der Waals surface area contributed by atoms with Gasteiger partial charge in [0.15, 0.2) is 0 Å². The number of carbonyl (C=O) groups is 1. The van der Waals surface area contributed by atoms with Crippen molar-refractivity contribution >= 4 is 6.09 Å². The predicted molar refractivity (Wildman–Crippen MR) is 64.5 cm³/mol. The molecule has 1 amide bonds. The third-order valence-electron chi connectivity index (χ3n) is 2.69. The van der Waals surface area contributed by atoms with E-state index >= 15 is 0 Å². The smallest absolute Gasteiger partial charge is 0.407 e. The van der Waals surface area contributed by atoms with Gasteiger partial charge in [-0.05, 0) is 46.7 Å². The summed E-state index contributed by atoms with van der Waals surface area (Å²) in [5, 5.41) is 2.86. The number of likely N-dealkylation sites (tertiary alicyclic amines) is 1. The highest BCUT2D eigenvalue weighted by atomic mass is 16.6. The molecule has 0 aliphatic carbocycles. The highest BCUT2D eigenvalue weighted by Gasteiger charge is 2.15. The monoisotopic (exact) mass is 228 g/mol. The largest absolute Gasteiger partial charge is 0.447 e. The quantitative estimate of drug-likeness (QED) is 0.800. The number of hydrogen-bond donors (Lipinski definition) is 1. The van der Waals surface area contributed by atoms with Crippen molar-refractivity contribution in [3.05, 3.63) is 0 Å². The predicted octanol–water partition coefficient (Wildman–Crippen LogP) is 2.00. The lowest BCUT2D eigenvalue weighted by Gasteiger charge is -2.29. The first-order chi connectivity index (χ1) is 7.58. The number of rotatable bonds is 4. The summed E-state index contributed by atoms with van der Waals surface area (Å²) in [5.41, 5.74) is 0. The van der Waals surface area contributed by atoms with Crippen molar-refractivity contribution in [2.45, 2.75) is 52.2 Å². The fourth-order valence-corrected chi connectivity index (χ4v) is 2.02. The molecule has 1 fully saturated rings.